The Morgan fingerprint density at radius 2 is 2.30 bits per heavy atom. The van der Waals surface area contributed by atoms with Gasteiger partial charge in [-0.3, -0.25) is 4.79 Å². The Bertz CT molecular complexity index is 815. The minimum Gasteiger partial charge on any atom is -0.321 e. The average molecular weight is 308 g/mol. The molecule has 0 aliphatic heterocycles. The Balaban J connectivity index is 2.17. The van der Waals surface area contributed by atoms with Crippen LogP contribution in [0.25, 0.3) is 11.0 Å². The van der Waals surface area contributed by atoms with E-state index in [-0.39, 0.29) is 10.3 Å². The molecule has 0 aliphatic rings. The van der Waals surface area contributed by atoms with Crippen LogP contribution in [0.4, 0.5) is 0 Å². The molecule has 0 spiro atoms. The number of hydrogen-bond donors (Lipinski definition) is 1. The molecular weight excluding hydrogens is 294 g/mol. The smallest absolute Gasteiger partial charge is 0.304 e. The molecular formula is C14H14ClN3OS. The number of benzene rings is 1. The van der Waals surface area contributed by atoms with E-state index in [9.17, 15) is 4.79 Å². The molecule has 0 amide bonds. The van der Waals surface area contributed by atoms with Crippen LogP contribution in [-0.2, 0) is 6.54 Å². The molecule has 0 saturated heterocycles. The maximum Gasteiger partial charge on any atom is 0.304 e. The molecule has 0 radical (unpaired) electrons. The highest BCUT2D eigenvalue weighted by molar-refractivity contribution is 7.07. The lowest BCUT2D eigenvalue weighted by Crippen LogP contribution is -2.07. The molecule has 3 rings (SSSR count). The third kappa shape index (κ3) is 2.39. The summed E-state index contributed by atoms with van der Waals surface area (Å²) in [6.07, 6.45) is 0. The first-order valence-electron chi connectivity index (χ1n) is 6.32. The number of nitrogens with one attached hydrogen (secondary N) is 1. The Morgan fingerprint density at radius 3 is 2.95 bits per heavy atom. The summed E-state index contributed by atoms with van der Waals surface area (Å²) in [4.78, 5) is 18.7. The number of H-pyrrole nitrogens is 1. The fourth-order valence-electron chi connectivity index (χ4n) is 2.28. The molecule has 0 saturated carbocycles. The molecule has 20 heavy (non-hydrogen) atoms. The van der Waals surface area contributed by atoms with Gasteiger partial charge in [-0.15, -0.1) is 11.6 Å². The van der Waals surface area contributed by atoms with Crippen LogP contribution in [0.1, 0.15) is 29.4 Å². The molecule has 4 nitrogen and oxygen atoms in total. The maximum atomic E-state index is 11.3. The summed E-state index contributed by atoms with van der Waals surface area (Å²) in [6.45, 7) is 4.53. The Morgan fingerprint density at radius 1 is 1.50 bits per heavy atom. The average Bonchev–Trinajstić information content (AvgIpc) is 2.95. The predicted octanol–water partition coefficient (Wildman–Crippen LogP) is 3.44. The molecule has 1 atom stereocenters. The van der Waals surface area contributed by atoms with Crippen LogP contribution in [0.3, 0.4) is 0 Å². The second-order valence-electron chi connectivity index (χ2n) is 4.84. The number of imidazole rings is 1. The van der Waals surface area contributed by atoms with E-state index in [0.29, 0.717) is 6.54 Å². The van der Waals surface area contributed by atoms with Gasteiger partial charge >= 0.3 is 4.87 Å². The van der Waals surface area contributed by atoms with Gasteiger partial charge in [-0.1, -0.05) is 17.4 Å². The van der Waals surface area contributed by atoms with Crippen LogP contribution in [0.15, 0.2) is 28.4 Å². The van der Waals surface area contributed by atoms with Gasteiger partial charge in [0, 0.05) is 11.1 Å². The van der Waals surface area contributed by atoms with E-state index in [1.54, 1.807) is 0 Å². The first-order valence-corrected chi connectivity index (χ1v) is 7.64. The Kier molecular flexibility index (Phi) is 3.40. The minimum atomic E-state index is -0.187. The fraction of sp³-hybridized carbons (Fsp3) is 0.286. The van der Waals surface area contributed by atoms with Crippen LogP contribution in [0.5, 0.6) is 0 Å². The summed E-state index contributed by atoms with van der Waals surface area (Å²) < 4.78 is 2.07. The molecule has 1 N–H and O–H groups in total. The highest BCUT2D eigenvalue weighted by atomic mass is 35.5. The van der Waals surface area contributed by atoms with Gasteiger partial charge in [0.25, 0.3) is 0 Å². The van der Waals surface area contributed by atoms with E-state index >= 15 is 0 Å². The second-order valence-corrected chi connectivity index (χ2v) is 6.33. The molecule has 3 aromatic rings. The zero-order valence-corrected chi connectivity index (χ0v) is 12.8. The summed E-state index contributed by atoms with van der Waals surface area (Å²) in [5, 5.41) is 1.65. The quantitative estimate of drug-likeness (QED) is 0.754. The summed E-state index contributed by atoms with van der Waals surface area (Å²) in [5.74, 6) is 0.819. The third-order valence-electron chi connectivity index (χ3n) is 3.19. The van der Waals surface area contributed by atoms with Crippen LogP contribution in [0, 0.1) is 6.92 Å². The number of alkyl halides is 1. The number of aromatic amines is 1. The molecule has 104 valence electrons. The largest absolute Gasteiger partial charge is 0.321 e. The van der Waals surface area contributed by atoms with Gasteiger partial charge in [-0.2, -0.15) is 0 Å². The number of aromatic nitrogens is 3. The molecule has 0 fully saturated rings. The van der Waals surface area contributed by atoms with Gasteiger partial charge in [-0.05, 0) is 31.5 Å². The number of rotatable bonds is 3. The topological polar surface area (TPSA) is 50.7 Å². The van der Waals surface area contributed by atoms with Crippen molar-refractivity contribution < 1.29 is 0 Å². The highest BCUT2D eigenvalue weighted by Crippen LogP contribution is 2.26. The first-order chi connectivity index (χ1) is 9.54. The van der Waals surface area contributed by atoms with E-state index in [1.165, 1.54) is 16.9 Å². The minimum absolute atomic E-state index is 0.0407. The molecule has 6 heteroatoms. The van der Waals surface area contributed by atoms with Gasteiger partial charge in [-0.25, -0.2) is 4.98 Å². The van der Waals surface area contributed by atoms with Gasteiger partial charge in [0.15, 0.2) is 0 Å². The normalized spacial score (nSPS) is 12.9. The van der Waals surface area contributed by atoms with Crippen molar-refractivity contribution in [1.82, 2.24) is 14.5 Å². The van der Waals surface area contributed by atoms with Crippen LogP contribution in [0.2, 0.25) is 0 Å². The number of fused-ring (bicyclic) bond motifs is 1. The Hall–Kier alpha value is -1.59. The third-order valence-corrected chi connectivity index (χ3v) is 4.10. The lowest BCUT2D eigenvalue weighted by molar-refractivity contribution is 0.729. The van der Waals surface area contributed by atoms with Crippen LogP contribution in [-0.4, -0.2) is 14.5 Å². The molecule has 1 aromatic carbocycles. The Labute approximate surface area is 125 Å². The summed E-state index contributed by atoms with van der Waals surface area (Å²) in [6, 6.07) is 6.13. The molecule has 0 bridgehead atoms. The van der Waals surface area contributed by atoms with Crippen molar-refractivity contribution in [3.8, 4) is 0 Å². The van der Waals surface area contributed by atoms with Crippen molar-refractivity contribution in [3.63, 3.8) is 0 Å². The summed E-state index contributed by atoms with van der Waals surface area (Å²) in [5.41, 5.74) is 4.01. The van der Waals surface area contributed by atoms with Crippen molar-refractivity contribution in [2.24, 2.45) is 0 Å². The number of aryl methyl sites for hydroxylation is 1. The van der Waals surface area contributed by atoms with Gasteiger partial charge in [0.1, 0.15) is 5.82 Å². The number of thiazole rings is 1. The molecule has 2 heterocycles. The summed E-state index contributed by atoms with van der Waals surface area (Å²) in [7, 11) is 0. The summed E-state index contributed by atoms with van der Waals surface area (Å²) >= 11 is 7.41. The van der Waals surface area contributed by atoms with Crippen molar-refractivity contribution in [3.05, 3.63) is 50.3 Å². The SMILES string of the molecule is Cc1ccc2nc(C(C)Cl)n(Cc3csc(=O)[nH]3)c2c1. The van der Waals surface area contributed by atoms with Gasteiger partial charge < -0.3 is 9.55 Å². The van der Waals surface area contributed by atoms with Crippen molar-refractivity contribution in [2.75, 3.05) is 0 Å². The monoisotopic (exact) mass is 307 g/mol. The van der Waals surface area contributed by atoms with Crippen molar-refractivity contribution >= 4 is 34.0 Å². The van der Waals surface area contributed by atoms with Crippen LogP contribution < -0.4 is 4.87 Å². The highest BCUT2D eigenvalue weighted by Gasteiger charge is 2.15. The molecule has 0 aliphatic carbocycles. The lowest BCUT2D eigenvalue weighted by atomic mass is 10.2. The number of nitrogens with zero attached hydrogens (tertiary/aromatic N) is 2. The standard InChI is InChI=1S/C14H14ClN3OS/c1-8-3-4-11-12(5-8)18(13(17-11)9(2)15)6-10-7-20-14(19)16-10/h3-5,7,9H,6H2,1-2H3,(H,16,19). The van der Waals surface area contributed by atoms with E-state index in [0.717, 1.165) is 22.6 Å². The maximum absolute atomic E-state index is 11.3. The van der Waals surface area contributed by atoms with E-state index in [2.05, 4.69) is 20.6 Å². The van der Waals surface area contributed by atoms with Gasteiger partial charge in [0.05, 0.1) is 23.0 Å². The van der Waals surface area contributed by atoms with Crippen molar-refractivity contribution in [1.29, 1.82) is 0 Å². The van der Waals surface area contributed by atoms with E-state index in [4.69, 9.17) is 11.6 Å². The molecule has 1 unspecified atom stereocenters. The predicted molar refractivity (Wildman–Crippen MR) is 82.8 cm³/mol. The zero-order valence-electron chi connectivity index (χ0n) is 11.2. The fourth-order valence-corrected chi connectivity index (χ4v) is 3.02. The van der Waals surface area contributed by atoms with Crippen LogP contribution >= 0.6 is 22.9 Å². The molecule has 2 aromatic heterocycles. The first kappa shape index (κ1) is 13.4. The second kappa shape index (κ2) is 5.07. The van der Waals surface area contributed by atoms with Gasteiger partial charge in [0.2, 0.25) is 0 Å². The number of hydrogen-bond acceptors (Lipinski definition) is 3. The van der Waals surface area contributed by atoms with E-state index in [1.807, 2.05) is 31.4 Å². The van der Waals surface area contributed by atoms with E-state index < -0.39 is 0 Å². The van der Waals surface area contributed by atoms with Crippen molar-refractivity contribution in [2.45, 2.75) is 25.8 Å². The number of halogens is 1. The lowest BCUT2D eigenvalue weighted by Gasteiger charge is -2.09. The zero-order chi connectivity index (χ0) is 14.3.